The Morgan fingerprint density at radius 3 is 2.58 bits per heavy atom. The van der Waals surface area contributed by atoms with Crippen molar-refractivity contribution in [2.45, 2.75) is 26.3 Å². The van der Waals surface area contributed by atoms with Gasteiger partial charge in [-0.3, -0.25) is 4.79 Å². The van der Waals surface area contributed by atoms with Crippen LogP contribution in [0.2, 0.25) is 0 Å². The van der Waals surface area contributed by atoms with Gasteiger partial charge in [0.2, 0.25) is 0 Å². The first kappa shape index (κ1) is 19.6. The number of benzene rings is 3. The molecule has 31 heavy (non-hydrogen) atoms. The van der Waals surface area contributed by atoms with Gasteiger partial charge < -0.3 is 14.2 Å². The maximum absolute atomic E-state index is 12.7. The van der Waals surface area contributed by atoms with Crippen LogP contribution in [-0.4, -0.2) is 40.1 Å². The molecule has 5 heteroatoms. The molecule has 0 N–H and O–H groups in total. The molecule has 3 aromatic carbocycles. The lowest BCUT2D eigenvalue weighted by molar-refractivity contribution is -0.134. The maximum Gasteiger partial charge on any atom is 0.260 e. The summed E-state index contributed by atoms with van der Waals surface area (Å²) in [6, 6.07) is 22.4. The third kappa shape index (κ3) is 4.13. The zero-order chi connectivity index (χ0) is 21.2. The van der Waals surface area contributed by atoms with E-state index in [0.717, 1.165) is 55.0 Å². The van der Waals surface area contributed by atoms with E-state index in [1.807, 2.05) is 41.3 Å². The van der Waals surface area contributed by atoms with Crippen LogP contribution in [0.1, 0.15) is 18.7 Å². The lowest BCUT2D eigenvalue weighted by Crippen LogP contribution is -2.41. The van der Waals surface area contributed by atoms with Gasteiger partial charge in [-0.05, 0) is 60.7 Å². The summed E-state index contributed by atoms with van der Waals surface area (Å²) in [4.78, 5) is 19.3. The molecule has 0 spiro atoms. The quantitative estimate of drug-likeness (QED) is 0.471. The first-order valence-electron chi connectivity index (χ1n) is 11.0. The number of aromatic nitrogens is 2. The van der Waals surface area contributed by atoms with Gasteiger partial charge in [0.05, 0.1) is 11.0 Å². The molecule has 1 amide bonds. The lowest BCUT2D eigenvalue weighted by atomic mass is 9.96. The summed E-state index contributed by atoms with van der Waals surface area (Å²) in [6.07, 6.45) is 2.02. The molecule has 1 aliphatic heterocycles. The topological polar surface area (TPSA) is 47.4 Å². The van der Waals surface area contributed by atoms with Gasteiger partial charge >= 0.3 is 0 Å². The smallest absolute Gasteiger partial charge is 0.260 e. The fourth-order valence-electron chi connectivity index (χ4n) is 4.54. The highest BCUT2D eigenvalue weighted by Gasteiger charge is 2.24. The van der Waals surface area contributed by atoms with Gasteiger partial charge in [0.1, 0.15) is 11.6 Å². The number of hydrogen-bond acceptors (Lipinski definition) is 3. The number of aryl methyl sites for hydroxylation is 1. The highest BCUT2D eigenvalue weighted by atomic mass is 16.5. The van der Waals surface area contributed by atoms with Crippen molar-refractivity contribution in [1.29, 1.82) is 0 Å². The van der Waals surface area contributed by atoms with Crippen LogP contribution in [0.3, 0.4) is 0 Å². The van der Waals surface area contributed by atoms with E-state index in [2.05, 4.69) is 46.8 Å². The molecule has 5 nitrogen and oxygen atoms in total. The number of likely N-dealkylation sites (tertiary alicyclic amines) is 1. The van der Waals surface area contributed by atoms with Crippen LogP contribution in [0.5, 0.6) is 5.75 Å². The molecule has 158 valence electrons. The van der Waals surface area contributed by atoms with Crippen molar-refractivity contribution in [3.63, 3.8) is 0 Å². The first-order valence-corrected chi connectivity index (χ1v) is 11.0. The summed E-state index contributed by atoms with van der Waals surface area (Å²) < 4.78 is 8.12. The maximum atomic E-state index is 12.7. The van der Waals surface area contributed by atoms with Gasteiger partial charge in [0.25, 0.3) is 5.91 Å². The molecule has 0 aliphatic carbocycles. The van der Waals surface area contributed by atoms with Crippen LogP contribution in [0.15, 0.2) is 66.7 Å². The van der Waals surface area contributed by atoms with Crippen molar-refractivity contribution in [3.8, 4) is 5.75 Å². The third-order valence-electron chi connectivity index (χ3n) is 6.34. The molecule has 1 aromatic heterocycles. The number of rotatable bonds is 5. The second-order valence-corrected chi connectivity index (χ2v) is 8.38. The van der Waals surface area contributed by atoms with Gasteiger partial charge in [-0.15, -0.1) is 0 Å². The number of imidazole rings is 1. The minimum atomic E-state index is 0.0656. The van der Waals surface area contributed by atoms with Crippen molar-refractivity contribution in [1.82, 2.24) is 14.5 Å². The molecule has 0 radical (unpaired) electrons. The minimum Gasteiger partial charge on any atom is -0.484 e. The molecule has 0 saturated carbocycles. The Labute approximate surface area is 182 Å². The average Bonchev–Trinajstić information content (AvgIpc) is 3.13. The standard InChI is InChI=1S/C26H27N3O2/c1-19-27-24-8-4-5-9-25(24)29(19)17-20-12-14-28(15-13-20)26(30)18-31-23-11-10-21-6-2-3-7-22(21)16-23/h2-11,16,20H,12-15,17-18H2,1H3. The second-order valence-electron chi connectivity index (χ2n) is 8.38. The van der Waals surface area contributed by atoms with E-state index in [4.69, 9.17) is 4.74 Å². The molecule has 4 aromatic rings. The Morgan fingerprint density at radius 2 is 1.74 bits per heavy atom. The van der Waals surface area contributed by atoms with Crippen LogP contribution in [-0.2, 0) is 11.3 Å². The lowest BCUT2D eigenvalue weighted by Gasteiger charge is -2.32. The van der Waals surface area contributed by atoms with Crippen LogP contribution in [0.25, 0.3) is 21.8 Å². The third-order valence-corrected chi connectivity index (χ3v) is 6.34. The molecule has 0 atom stereocenters. The summed E-state index contributed by atoms with van der Waals surface area (Å²) >= 11 is 0. The molecular formula is C26H27N3O2. The molecule has 2 heterocycles. The molecule has 5 rings (SSSR count). The van der Waals surface area contributed by atoms with Crippen LogP contribution in [0.4, 0.5) is 0 Å². The van der Waals surface area contributed by atoms with E-state index in [1.165, 1.54) is 10.9 Å². The molecule has 0 unspecified atom stereocenters. The number of nitrogens with zero attached hydrogens (tertiary/aromatic N) is 3. The van der Waals surface area contributed by atoms with Crippen molar-refractivity contribution in [2.75, 3.05) is 19.7 Å². The van der Waals surface area contributed by atoms with Crippen LogP contribution >= 0.6 is 0 Å². The molecular weight excluding hydrogens is 386 g/mol. The van der Waals surface area contributed by atoms with E-state index < -0.39 is 0 Å². The monoisotopic (exact) mass is 413 g/mol. The van der Waals surface area contributed by atoms with Crippen LogP contribution < -0.4 is 4.74 Å². The summed E-state index contributed by atoms with van der Waals surface area (Å²) in [5.74, 6) is 2.42. The van der Waals surface area contributed by atoms with Gasteiger partial charge in [-0.1, -0.05) is 42.5 Å². The van der Waals surface area contributed by atoms with Gasteiger partial charge in [-0.25, -0.2) is 4.98 Å². The Bertz CT molecular complexity index is 1220. The Hall–Kier alpha value is -3.34. The number of fused-ring (bicyclic) bond motifs is 2. The van der Waals surface area contributed by atoms with Crippen LogP contribution in [0, 0.1) is 12.8 Å². The summed E-state index contributed by atoms with van der Waals surface area (Å²) in [7, 11) is 0. The SMILES string of the molecule is Cc1nc2ccccc2n1CC1CCN(C(=O)COc2ccc3ccccc3c2)CC1. The zero-order valence-corrected chi connectivity index (χ0v) is 17.8. The second kappa shape index (κ2) is 8.42. The predicted molar refractivity (Wildman–Crippen MR) is 123 cm³/mol. The van der Waals surface area contributed by atoms with Gasteiger partial charge in [-0.2, -0.15) is 0 Å². The minimum absolute atomic E-state index is 0.0656. The highest BCUT2D eigenvalue weighted by molar-refractivity contribution is 5.84. The van der Waals surface area contributed by atoms with E-state index in [9.17, 15) is 4.79 Å². The number of hydrogen-bond donors (Lipinski definition) is 0. The van der Waals surface area contributed by atoms with Crippen molar-refractivity contribution in [3.05, 3.63) is 72.6 Å². The van der Waals surface area contributed by atoms with Crippen molar-refractivity contribution >= 4 is 27.7 Å². The normalized spacial score (nSPS) is 14.9. The molecule has 1 saturated heterocycles. The van der Waals surface area contributed by atoms with E-state index in [0.29, 0.717) is 5.92 Å². The number of amides is 1. The summed E-state index contributed by atoms with van der Waals surface area (Å²) in [5.41, 5.74) is 2.25. The van der Waals surface area contributed by atoms with Gasteiger partial charge in [0, 0.05) is 19.6 Å². The number of para-hydroxylation sites is 2. The zero-order valence-electron chi connectivity index (χ0n) is 17.8. The fourth-order valence-corrected chi connectivity index (χ4v) is 4.54. The Morgan fingerprint density at radius 1 is 1.00 bits per heavy atom. The van der Waals surface area contributed by atoms with Gasteiger partial charge in [0.15, 0.2) is 6.61 Å². The predicted octanol–water partition coefficient (Wildman–Crippen LogP) is 4.82. The van der Waals surface area contributed by atoms with E-state index in [1.54, 1.807) is 0 Å². The Kier molecular flexibility index (Phi) is 5.33. The number of ether oxygens (including phenoxy) is 1. The molecule has 1 fully saturated rings. The average molecular weight is 414 g/mol. The first-order chi connectivity index (χ1) is 15.2. The number of carbonyl (C=O) groups is 1. The van der Waals surface area contributed by atoms with E-state index in [-0.39, 0.29) is 12.5 Å². The van der Waals surface area contributed by atoms with E-state index >= 15 is 0 Å². The van der Waals surface area contributed by atoms with Crippen molar-refractivity contribution < 1.29 is 9.53 Å². The molecule has 1 aliphatic rings. The molecule has 0 bridgehead atoms. The fraction of sp³-hybridized carbons (Fsp3) is 0.308. The number of piperidine rings is 1. The summed E-state index contributed by atoms with van der Waals surface area (Å²) in [6.45, 7) is 4.70. The van der Waals surface area contributed by atoms with Crippen molar-refractivity contribution in [2.24, 2.45) is 5.92 Å². The number of carbonyl (C=O) groups excluding carboxylic acids is 1. The highest BCUT2D eigenvalue weighted by Crippen LogP contribution is 2.24. The Balaban J connectivity index is 1.15. The largest absolute Gasteiger partial charge is 0.484 e. The summed E-state index contributed by atoms with van der Waals surface area (Å²) in [5, 5.41) is 2.29.